The Balaban J connectivity index is 1.99. The number of hydrogen-bond acceptors (Lipinski definition) is 3. The van der Waals surface area contributed by atoms with Gasteiger partial charge in [0.25, 0.3) is 0 Å². The molecule has 0 aliphatic carbocycles. The highest BCUT2D eigenvalue weighted by atomic mass is 19.1. The van der Waals surface area contributed by atoms with Crippen molar-refractivity contribution in [2.75, 3.05) is 7.11 Å². The molecule has 2 amide bonds. The fourth-order valence-corrected chi connectivity index (χ4v) is 3.87. The molecule has 0 aromatic heterocycles. The van der Waals surface area contributed by atoms with Gasteiger partial charge >= 0.3 is 0 Å². The maximum absolute atomic E-state index is 14.4. The zero-order valence-corrected chi connectivity index (χ0v) is 20.5. The van der Waals surface area contributed by atoms with Gasteiger partial charge in [0, 0.05) is 19.0 Å². The molecule has 0 bridgehead atoms. The van der Waals surface area contributed by atoms with E-state index >= 15 is 0 Å². The van der Waals surface area contributed by atoms with Crippen molar-refractivity contribution in [2.24, 2.45) is 0 Å². The van der Waals surface area contributed by atoms with Gasteiger partial charge in [-0.05, 0) is 48.2 Å². The summed E-state index contributed by atoms with van der Waals surface area (Å²) in [5.41, 5.74) is 2.06. The van der Waals surface area contributed by atoms with Crippen molar-refractivity contribution >= 4 is 11.8 Å². The standard InChI is InChI=1S/C29H33FN2O3/c1-4-21(2)31-29(34)27(18-22-11-6-5-7-12-22)32(20-23-13-10-15-25(17-23)35-3)28(33)19-24-14-8-9-16-26(24)30/h5-17,21,27H,4,18-20H2,1-3H3,(H,31,34)/t21-,27+/m0/s1. The number of benzene rings is 3. The van der Waals surface area contributed by atoms with Crippen LogP contribution in [-0.2, 0) is 29.0 Å². The number of carbonyl (C=O) groups is 2. The Kier molecular flexibility index (Phi) is 9.41. The smallest absolute Gasteiger partial charge is 0.243 e. The highest BCUT2D eigenvalue weighted by molar-refractivity contribution is 5.89. The first-order valence-electron chi connectivity index (χ1n) is 11.9. The van der Waals surface area contributed by atoms with Crippen molar-refractivity contribution in [2.45, 2.75) is 51.7 Å². The molecule has 5 nitrogen and oxygen atoms in total. The maximum atomic E-state index is 14.4. The average molecular weight is 477 g/mol. The first-order valence-corrected chi connectivity index (χ1v) is 11.9. The van der Waals surface area contributed by atoms with Gasteiger partial charge in [0.2, 0.25) is 11.8 Å². The third-order valence-electron chi connectivity index (χ3n) is 6.06. The summed E-state index contributed by atoms with van der Waals surface area (Å²) in [4.78, 5) is 28.7. The Morgan fingerprint density at radius 2 is 1.66 bits per heavy atom. The van der Waals surface area contributed by atoms with E-state index in [4.69, 9.17) is 4.74 Å². The Morgan fingerprint density at radius 3 is 2.34 bits per heavy atom. The summed E-state index contributed by atoms with van der Waals surface area (Å²) >= 11 is 0. The number of ether oxygens (including phenoxy) is 1. The molecule has 184 valence electrons. The van der Waals surface area contributed by atoms with Crippen LogP contribution < -0.4 is 10.1 Å². The Labute approximate surface area is 206 Å². The minimum absolute atomic E-state index is 0.0406. The Hall–Kier alpha value is -3.67. The van der Waals surface area contributed by atoms with E-state index in [-0.39, 0.29) is 30.8 Å². The van der Waals surface area contributed by atoms with E-state index in [0.717, 1.165) is 17.5 Å². The predicted molar refractivity (Wildman–Crippen MR) is 135 cm³/mol. The maximum Gasteiger partial charge on any atom is 0.243 e. The molecule has 0 aliphatic heterocycles. The van der Waals surface area contributed by atoms with Crippen LogP contribution in [0.25, 0.3) is 0 Å². The van der Waals surface area contributed by atoms with E-state index in [0.29, 0.717) is 17.7 Å². The van der Waals surface area contributed by atoms with Crippen LogP contribution in [0.2, 0.25) is 0 Å². The Morgan fingerprint density at radius 1 is 0.971 bits per heavy atom. The number of halogens is 1. The summed E-state index contributed by atoms with van der Waals surface area (Å²) in [5, 5.41) is 3.04. The molecule has 0 unspecified atom stereocenters. The van der Waals surface area contributed by atoms with Gasteiger partial charge < -0.3 is 15.0 Å². The van der Waals surface area contributed by atoms with Gasteiger partial charge in [-0.1, -0.05) is 67.6 Å². The average Bonchev–Trinajstić information content (AvgIpc) is 2.88. The predicted octanol–water partition coefficient (Wildman–Crippen LogP) is 4.93. The monoisotopic (exact) mass is 476 g/mol. The number of rotatable bonds is 11. The van der Waals surface area contributed by atoms with Crippen molar-refractivity contribution in [3.63, 3.8) is 0 Å². The molecule has 3 rings (SSSR count). The molecule has 2 atom stereocenters. The first kappa shape index (κ1) is 25.9. The normalized spacial score (nSPS) is 12.5. The van der Waals surface area contributed by atoms with E-state index in [9.17, 15) is 14.0 Å². The van der Waals surface area contributed by atoms with Gasteiger partial charge in [-0.3, -0.25) is 9.59 Å². The summed E-state index contributed by atoms with van der Waals surface area (Å²) in [6.45, 7) is 4.12. The van der Waals surface area contributed by atoms with Crippen molar-refractivity contribution in [1.82, 2.24) is 10.2 Å². The molecule has 0 spiro atoms. The van der Waals surface area contributed by atoms with E-state index in [2.05, 4.69) is 5.32 Å². The van der Waals surface area contributed by atoms with Gasteiger partial charge in [-0.25, -0.2) is 4.39 Å². The highest BCUT2D eigenvalue weighted by Crippen LogP contribution is 2.20. The molecular formula is C29H33FN2O3. The van der Waals surface area contributed by atoms with Crippen molar-refractivity contribution in [3.05, 3.63) is 101 Å². The number of nitrogens with zero attached hydrogens (tertiary/aromatic N) is 1. The third-order valence-corrected chi connectivity index (χ3v) is 6.06. The van der Waals surface area contributed by atoms with E-state index in [1.54, 1.807) is 30.2 Å². The minimum Gasteiger partial charge on any atom is -0.497 e. The van der Waals surface area contributed by atoms with Crippen LogP contribution in [0, 0.1) is 5.82 Å². The van der Waals surface area contributed by atoms with Gasteiger partial charge in [-0.15, -0.1) is 0 Å². The van der Waals surface area contributed by atoms with Crippen LogP contribution in [0.3, 0.4) is 0 Å². The van der Waals surface area contributed by atoms with Gasteiger partial charge in [0.15, 0.2) is 0 Å². The van der Waals surface area contributed by atoms with Crippen molar-refractivity contribution in [3.8, 4) is 5.75 Å². The Bertz CT molecular complexity index is 1120. The quantitative estimate of drug-likeness (QED) is 0.427. The van der Waals surface area contributed by atoms with Gasteiger partial charge in [0.1, 0.15) is 17.6 Å². The van der Waals surface area contributed by atoms with Crippen LogP contribution in [0.1, 0.15) is 37.0 Å². The molecule has 6 heteroatoms. The first-order chi connectivity index (χ1) is 16.9. The lowest BCUT2D eigenvalue weighted by Gasteiger charge is -2.32. The van der Waals surface area contributed by atoms with Crippen molar-refractivity contribution < 1.29 is 18.7 Å². The summed E-state index contributed by atoms with van der Waals surface area (Å²) in [6.07, 6.45) is 0.970. The molecular weight excluding hydrogens is 443 g/mol. The molecule has 3 aromatic rings. The molecule has 0 saturated carbocycles. The fraction of sp³-hybridized carbons (Fsp3) is 0.310. The molecule has 0 aliphatic rings. The summed E-state index contributed by atoms with van der Waals surface area (Å²) < 4.78 is 19.7. The lowest BCUT2D eigenvalue weighted by molar-refractivity contribution is -0.141. The van der Waals surface area contributed by atoms with Crippen LogP contribution >= 0.6 is 0 Å². The van der Waals surface area contributed by atoms with Crippen LogP contribution in [0.4, 0.5) is 4.39 Å². The summed E-state index contributed by atoms with van der Waals surface area (Å²) in [7, 11) is 1.58. The second-order valence-electron chi connectivity index (χ2n) is 8.66. The lowest BCUT2D eigenvalue weighted by Crippen LogP contribution is -2.52. The van der Waals surface area contributed by atoms with Crippen molar-refractivity contribution in [1.29, 1.82) is 0 Å². The highest BCUT2D eigenvalue weighted by Gasteiger charge is 2.31. The second-order valence-corrected chi connectivity index (χ2v) is 8.66. The van der Waals surface area contributed by atoms with Crippen LogP contribution in [-0.4, -0.2) is 35.9 Å². The molecule has 0 heterocycles. The number of amides is 2. The SMILES string of the molecule is CC[C@H](C)NC(=O)[C@@H](Cc1ccccc1)N(Cc1cccc(OC)c1)C(=O)Cc1ccccc1F. The van der Waals surface area contributed by atoms with E-state index in [1.807, 2.05) is 68.4 Å². The zero-order chi connectivity index (χ0) is 25.2. The van der Waals surface area contributed by atoms with Crippen LogP contribution in [0.15, 0.2) is 78.9 Å². The number of carbonyl (C=O) groups excluding carboxylic acids is 2. The minimum atomic E-state index is -0.767. The third kappa shape index (κ3) is 7.41. The molecule has 35 heavy (non-hydrogen) atoms. The second kappa shape index (κ2) is 12.7. The van der Waals surface area contributed by atoms with Gasteiger partial charge in [0.05, 0.1) is 13.5 Å². The summed E-state index contributed by atoms with van der Waals surface area (Å²) in [5.74, 6) is -0.329. The molecule has 0 fully saturated rings. The van der Waals surface area contributed by atoms with Crippen LogP contribution in [0.5, 0.6) is 5.75 Å². The number of methoxy groups -OCH3 is 1. The topological polar surface area (TPSA) is 58.6 Å². The molecule has 0 radical (unpaired) electrons. The molecule has 3 aromatic carbocycles. The lowest BCUT2D eigenvalue weighted by atomic mass is 10.0. The molecule has 0 saturated heterocycles. The number of nitrogens with one attached hydrogen (secondary N) is 1. The fourth-order valence-electron chi connectivity index (χ4n) is 3.87. The largest absolute Gasteiger partial charge is 0.497 e. The summed E-state index contributed by atoms with van der Waals surface area (Å²) in [6, 6.07) is 22.4. The van der Waals surface area contributed by atoms with Gasteiger partial charge in [-0.2, -0.15) is 0 Å². The number of hydrogen-bond donors (Lipinski definition) is 1. The van der Waals surface area contributed by atoms with E-state index in [1.165, 1.54) is 6.07 Å². The van der Waals surface area contributed by atoms with E-state index < -0.39 is 11.9 Å². The molecule has 1 N–H and O–H groups in total. The zero-order valence-electron chi connectivity index (χ0n) is 20.5.